The minimum Gasteiger partial charge on any atom is -0.295 e. The van der Waals surface area contributed by atoms with Gasteiger partial charge in [0.1, 0.15) is 5.82 Å². The number of hydrogen-bond donors (Lipinski definition) is 0. The second-order valence-electron chi connectivity index (χ2n) is 4.08. The molecule has 0 radical (unpaired) electrons. The fourth-order valence-corrected chi connectivity index (χ4v) is 1.68. The summed E-state index contributed by atoms with van der Waals surface area (Å²) < 4.78 is 12.8. The molecular weight excluding hydrogens is 227 g/mol. The fraction of sp³-hybridized carbons (Fsp3) is 0.0625. The van der Waals surface area contributed by atoms with Gasteiger partial charge in [0.25, 0.3) is 0 Å². The molecule has 0 heterocycles. The molecule has 0 N–H and O–H groups in total. The van der Waals surface area contributed by atoms with Gasteiger partial charge in [0.2, 0.25) is 0 Å². The van der Waals surface area contributed by atoms with E-state index >= 15 is 0 Å². The van der Waals surface area contributed by atoms with Crippen molar-refractivity contribution in [2.45, 2.75) is 6.92 Å². The Morgan fingerprint density at radius 3 is 2.44 bits per heavy atom. The van der Waals surface area contributed by atoms with Crippen molar-refractivity contribution in [2.75, 3.05) is 0 Å². The molecule has 0 saturated heterocycles. The number of carbonyl (C=O) groups is 1. The summed E-state index contributed by atoms with van der Waals surface area (Å²) in [5.74, 6) is -0.228. The van der Waals surface area contributed by atoms with Crippen LogP contribution in [0.5, 0.6) is 0 Å². The fourth-order valence-electron chi connectivity index (χ4n) is 1.68. The van der Waals surface area contributed by atoms with Gasteiger partial charge in [0, 0.05) is 0 Å². The van der Waals surface area contributed by atoms with Gasteiger partial charge in [-0.3, -0.25) is 4.79 Å². The number of hydrogen-bond acceptors (Lipinski definition) is 1. The second-order valence-corrected chi connectivity index (χ2v) is 4.08. The van der Waals surface area contributed by atoms with Gasteiger partial charge in [-0.25, -0.2) is 4.39 Å². The third-order valence-corrected chi connectivity index (χ3v) is 2.57. The van der Waals surface area contributed by atoms with Crippen molar-refractivity contribution in [3.8, 4) is 11.1 Å². The van der Waals surface area contributed by atoms with Gasteiger partial charge >= 0.3 is 0 Å². The molecule has 0 bridgehead atoms. The summed E-state index contributed by atoms with van der Waals surface area (Å²) in [5, 5.41) is 0. The highest BCUT2D eigenvalue weighted by Crippen LogP contribution is 2.21. The predicted octanol–water partition coefficient (Wildman–Crippen LogP) is 4.09. The van der Waals surface area contributed by atoms with E-state index in [4.69, 9.17) is 0 Å². The Bertz CT molecular complexity index is 582. The van der Waals surface area contributed by atoms with Crippen LogP contribution in [0.15, 0.2) is 54.6 Å². The summed E-state index contributed by atoms with van der Waals surface area (Å²) in [6, 6.07) is 14.1. The molecule has 0 amide bonds. The van der Waals surface area contributed by atoms with Crippen LogP contribution in [-0.4, -0.2) is 5.78 Å². The lowest BCUT2D eigenvalue weighted by atomic mass is 10.0. The first kappa shape index (κ1) is 12.2. The molecule has 1 nitrogen and oxygen atoms in total. The maximum atomic E-state index is 12.8. The zero-order chi connectivity index (χ0) is 13.0. The van der Waals surface area contributed by atoms with E-state index in [0.29, 0.717) is 0 Å². The SMILES string of the molecule is CC(=O)C=Cc1cccc(-c2ccc(F)cc2)c1. The van der Waals surface area contributed by atoms with Gasteiger partial charge in [-0.1, -0.05) is 36.4 Å². The second kappa shape index (κ2) is 5.41. The Kier molecular flexibility index (Phi) is 3.68. The van der Waals surface area contributed by atoms with Crippen LogP contribution in [0.1, 0.15) is 12.5 Å². The zero-order valence-electron chi connectivity index (χ0n) is 10.1. The molecule has 0 fully saturated rings. The average Bonchev–Trinajstić information content (AvgIpc) is 2.37. The van der Waals surface area contributed by atoms with Gasteiger partial charge < -0.3 is 0 Å². The molecule has 2 aromatic rings. The lowest BCUT2D eigenvalue weighted by Gasteiger charge is -2.02. The summed E-state index contributed by atoms with van der Waals surface area (Å²) >= 11 is 0. The number of allylic oxidation sites excluding steroid dienone is 1. The lowest BCUT2D eigenvalue weighted by Crippen LogP contribution is -1.82. The normalized spacial score (nSPS) is 10.8. The zero-order valence-corrected chi connectivity index (χ0v) is 10.1. The van der Waals surface area contributed by atoms with Crippen molar-refractivity contribution in [3.05, 3.63) is 66.0 Å². The van der Waals surface area contributed by atoms with Crippen molar-refractivity contribution in [1.29, 1.82) is 0 Å². The van der Waals surface area contributed by atoms with Crippen molar-refractivity contribution in [1.82, 2.24) is 0 Å². The molecule has 2 heteroatoms. The number of rotatable bonds is 3. The molecule has 2 aromatic carbocycles. The van der Waals surface area contributed by atoms with Crippen molar-refractivity contribution in [3.63, 3.8) is 0 Å². The smallest absolute Gasteiger partial charge is 0.152 e. The van der Waals surface area contributed by atoms with Gasteiger partial charge in [0.15, 0.2) is 5.78 Å². The first-order valence-electron chi connectivity index (χ1n) is 5.70. The number of ketones is 1. The lowest BCUT2D eigenvalue weighted by molar-refractivity contribution is -0.112. The number of carbonyl (C=O) groups excluding carboxylic acids is 1. The minimum atomic E-state index is -0.244. The van der Waals surface area contributed by atoms with Crippen LogP contribution in [0.3, 0.4) is 0 Å². The molecule has 0 aliphatic heterocycles. The topological polar surface area (TPSA) is 17.1 Å². The Morgan fingerprint density at radius 1 is 1.06 bits per heavy atom. The first-order chi connectivity index (χ1) is 8.65. The van der Waals surface area contributed by atoms with Crippen LogP contribution in [0.4, 0.5) is 4.39 Å². The molecule has 0 aliphatic rings. The Hall–Kier alpha value is -2.22. The van der Waals surface area contributed by atoms with Crippen LogP contribution < -0.4 is 0 Å². The highest BCUT2D eigenvalue weighted by atomic mass is 19.1. The quantitative estimate of drug-likeness (QED) is 0.738. The minimum absolute atomic E-state index is 0.0159. The molecule has 90 valence electrons. The van der Waals surface area contributed by atoms with Gasteiger partial charge in [-0.15, -0.1) is 0 Å². The summed E-state index contributed by atoms with van der Waals surface area (Å²) in [5.41, 5.74) is 2.90. The van der Waals surface area contributed by atoms with E-state index in [2.05, 4.69) is 0 Å². The Morgan fingerprint density at radius 2 is 1.78 bits per heavy atom. The first-order valence-corrected chi connectivity index (χ1v) is 5.70. The Balaban J connectivity index is 2.32. The molecular formula is C16H13FO. The van der Waals surface area contributed by atoms with Crippen LogP contribution in [0.2, 0.25) is 0 Å². The van der Waals surface area contributed by atoms with E-state index in [1.165, 1.54) is 25.1 Å². The summed E-state index contributed by atoms with van der Waals surface area (Å²) in [4.78, 5) is 10.9. The molecule has 0 aliphatic carbocycles. The van der Waals surface area contributed by atoms with E-state index in [0.717, 1.165) is 16.7 Å². The average molecular weight is 240 g/mol. The van der Waals surface area contributed by atoms with Crippen LogP contribution in [-0.2, 0) is 4.79 Å². The van der Waals surface area contributed by atoms with E-state index in [1.54, 1.807) is 18.2 Å². The monoisotopic (exact) mass is 240 g/mol. The largest absolute Gasteiger partial charge is 0.295 e. The number of benzene rings is 2. The standard InChI is InChI=1S/C16H13FO/c1-12(18)5-6-13-3-2-4-15(11-13)14-7-9-16(17)10-8-14/h2-11H,1H3. The summed E-state index contributed by atoms with van der Waals surface area (Å²) in [6.45, 7) is 1.51. The highest BCUT2D eigenvalue weighted by Gasteiger charge is 1.98. The third kappa shape index (κ3) is 3.14. The summed E-state index contributed by atoms with van der Waals surface area (Å²) in [7, 11) is 0. The van der Waals surface area contributed by atoms with Crippen molar-refractivity contribution >= 4 is 11.9 Å². The third-order valence-electron chi connectivity index (χ3n) is 2.57. The van der Waals surface area contributed by atoms with E-state index in [9.17, 15) is 9.18 Å². The molecule has 0 unspecified atom stereocenters. The van der Waals surface area contributed by atoms with Crippen molar-refractivity contribution in [2.24, 2.45) is 0 Å². The molecule has 0 atom stereocenters. The van der Waals surface area contributed by atoms with Gasteiger partial charge in [0.05, 0.1) is 0 Å². The van der Waals surface area contributed by atoms with Gasteiger partial charge in [-0.05, 0) is 47.9 Å². The highest BCUT2D eigenvalue weighted by molar-refractivity contribution is 5.91. The molecule has 0 spiro atoms. The van der Waals surface area contributed by atoms with Gasteiger partial charge in [-0.2, -0.15) is 0 Å². The van der Waals surface area contributed by atoms with Crippen molar-refractivity contribution < 1.29 is 9.18 Å². The maximum absolute atomic E-state index is 12.8. The van der Waals surface area contributed by atoms with E-state index in [-0.39, 0.29) is 11.6 Å². The van der Waals surface area contributed by atoms with E-state index < -0.39 is 0 Å². The van der Waals surface area contributed by atoms with Crippen LogP contribution >= 0.6 is 0 Å². The predicted molar refractivity (Wildman–Crippen MR) is 71.6 cm³/mol. The Labute approximate surface area is 106 Å². The molecule has 0 aromatic heterocycles. The van der Waals surface area contributed by atoms with E-state index in [1.807, 2.05) is 24.3 Å². The van der Waals surface area contributed by atoms with Crippen LogP contribution in [0.25, 0.3) is 17.2 Å². The molecule has 0 saturated carbocycles. The summed E-state index contributed by atoms with van der Waals surface area (Å²) in [6.07, 6.45) is 3.30. The molecule has 18 heavy (non-hydrogen) atoms. The number of halogens is 1. The van der Waals surface area contributed by atoms with Crippen LogP contribution in [0, 0.1) is 5.82 Å². The molecule has 2 rings (SSSR count). The maximum Gasteiger partial charge on any atom is 0.152 e.